The van der Waals surface area contributed by atoms with Crippen molar-refractivity contribution in [2.75, 3.05) is 13.2 Å². The van der Waals surface area contributed by atoms with Crippen LogP contribution in [0, 0.1) is 0 Å². The lowest BCUT2D eigenvalue weighted by Gasteiger charge is -2.36. The van der Waals surface area contributed by atoms with E-state index in [9.17, 15) is 9.67 Å². The predicted molar refractivity (Wildman–Crippen MR) is 159 cm³/mol. The third-order valence-corrected chi connectivity index (χ3v) is 13.7. The molecule has 5 nitrogen and oxygen atoms in total. The van der Waals surface area contributed by atoms with Crippen LogP contribution in [0.4, 0.5) is 0 Å². The second-order valence-electron chi connectivity index (χ2n) is 11.5. The van der Waals surface area contributed by atoms with Crippen LogP contribution < -0.4 is 10.6 Å². The number of aromatic hydroxyl groups is 1. The maximum absolute atomic E-state index is 15.7. The summed E-state index contributed by atoms with van der Waals surface area (Å²) in [6.07, 6.45) is 0. The minimum Gasteiger partial charge on any atom is -0.507 e. The van der Waals surface area contributed by atoms with Crippen LogP contribution in [-0.4, -0.2) is 18.3 Å². The Morgan fingerprint density at radius 3 is 1.39 bits per heavy atom. The zero-order chi connectivity index (χ0) is 28.4. The Morgan fingerprint density at radius 1 is 0.711 bits per heavy atom. The van der Waals surface area contributed by atoms with Gasteiger partial charge in [0.15, 0.2) is 7.14 Å². The molecule has 0 aliphatic carbocycles. The van der Waals surface area contributed by atoms with Crippen molar-refractivity contribution in [3.05, 3.63) is 89.5 Å². The highest BCUT2D eigenvalue weighted by molar-refractivity contribution is 7.87. The maximum atomic E-state index is 15.7. The number of rotatable bonds is 9. The first kappa shape index (κ1) is 30.4. The van der Waals surface area contributed by atoms with Gasteiger partial charge in [-0.25, -0.2) is 0 Å². The van der Waals surface area contributed by atoms with Crippen LogP contribution in [0.2, 0.25) is 0 Å². The van der Waals surface area contributed by atoms with Crippen LogP contribution in [-0.2, 0) is 29.0 Å². The van der Waals surface area contributed by atoms with E-state index in [0.717, 1.165) is 0 Å². The standard InChI is InChI=1S/C31H42O5P2/c1-9-35-38(34,36-10-2)29(23-21-26(30(3,4)5)28(32)27(22-23)31(6,7)8)37(33,24-17-13-11-14-18-24)25-19-15-12-16-20-25/h11-22,29,32H,9-10H2,1-8H3. The fraction of sp³-hybridized carbons (Fsp3) is 0.419. The molecule has 0 amide bonds. The monoisotopic (exact) mass is 556 g/mol. The lowest BCUT2D eigenvalue weighted by molar-refractivity contribution is 0.217. The highest BCUT2D eigenvalue weighted by atomic mass is 31.2. The summed E-state index contributed by atoms with van der Waals surface area (Å²) in [5, 5.41) is 11.4. The Hall–Kier alpha value is -2.16. The molecule has 206 valence electrons. The van der Waals surface area contributed by atoms with E-state index in [1.165, 1.54) is 0 Å². The van der Waals surface area contributed by atoms with Crippen molar-refractivity contribution < 1.29 is 23.3 Å². The molecule has 0 aliphatic heterocycles. The average molecular weight is 557 g/mol. The molecular formula is C31H42O5P2. The van der Waals surface area contributed by atoms with Gasteiger partial charge in [-0.3, -0.25) is 4.57 Å². The summed E-state index contributed by atoms with van der Waals surface area (Å²) in [7, 11) is -7.70. The van der Waals surface area contributed by atoms with Gasteiger partial charge in [-0.15, -0.1) is 0 Å². The summed E-state index contributed by atoms with van der Waals surface area (Å²) in [4.78, 5) is 0. The maximum Gasteiger partial charge on any atom is 0.346 e. The first-order valence-corrected chi connectivity index (χ1v) is 16.6. The Kier molecular flexibility index (Phi) is 9.21. The van der Waals surface area contributed by atoms with Crippen molar-refractivity contribution >= 4 is 25.3 Å². The van der Waals surface area contributed by atoms with E-state index in [4.69, 9.17) is 9.05 Å². The van der Waals surface area contributed by atoms with Crippen LogP contribution in [0.5, 0.6) is 5.75 Å². The van der Waals surface area contributed by atoms with E-state index < -0.39 is 31.0 Å². The number of phenolic OH excluding ortho intramolecular Hbond substituents is 1. The lowest BCUT2D eigenvalue weighted by atomic mass is 9.78. The van der Waals surface area contributed by atoms with Crippen molar-refractivity contribution in [1.82, 2.24) is 0 Å². The highest BCUT2D eigenvalue weighted by Crippen LogP contribution is 2.77. The van der Waals surface area contributed by atoms with E-state index in [1.807, 2.05) is 114 Å². The van der Waals surface area contributed by atoms with Crippen LogP contribution in [0.3, 0.4) is 0 Å². The third kappa shape index (κ3) is 6.02. The van der Waals surface area contributed by atoms with Gasteiger partial charge < -0.3 is 18.7 Å². The SMILES string of the molecule is CCOP(=O)(OCC)C(c1cc(C(C)(C)C)c(O)c(C(C)(C)C)c1)P(=O)(c1ccccc1)c1ccccc1. The van der Waals surface area contributed by atoms with Gasteiger partial charge in [0.25, 0.3) is 0 Å². The quantitative estimate of drug-likeness (QED) is 0.269. The molecular weight excluding hydrogens is 514 g/mol. The van der Waals surface area contributed by atoms with Gasteiger partial charge in [0, 0.05) is 10.6 Å². The summed E-state index contributed by atoms with van der Waals surface area (Å²) < 4.78 is 42.5. The van der Waals surface area contributed by atoms with Crippen LogP contribution in [0.1, 0.15) is 77.5 Å². The molecule has 0 spiro atoms. The normalized spacial score (nSPS) is 13.9. The van der Waals surface area contributed by atoms with E-state index in [-0.39, 0.29) is 19.0 Å². The molecule has 38 heavy (non-hydrogen) atoms. The van der Waals surface area contributed by atoms with E-state index in [1.54, 1.807) is 13.8 Å². The smallest absolute Gasteiger partial charge is 0.346 e. The topological polar surface area (TPSA) is 72.8 Å². The Morgan fingerprint density at radius 2 is 1.08 bits per heavy atom. The van der Waals surface area contributed by atoms with Gasteiger partial charge in [-0.1, -0.05) is 114 Å². The number of hydrogen-bond donors (Lipinski definition) is 1. The van der Waals surface area contributed by atoms with E-state index >= 15 is 4.57 Å². The fourth-order valence-corrected chi connectivity index (χ4v) is 11.9. The first-order chi connectivity index (χ1) is 17.7. The van der Waals surface area contributed by atoms with Gasteiger partial charge in [0.1, 0.15) is 11.1 Å². The van der Waals surface area contributed by atoms with Gasteiger partial charge in [-0.05, 0) is 41.4 Å². The Labute approximate surface area is 228 Å². The van der Waals surface area contributed by atoms with Crippen molar-refractivity contribution in [2.45, 2.75) is 71.6 Å². The molecule has 7 heteroatoms. The fourth-order valence-electron chi connectivity index (χ4n) is 4.81. The second kappa shape index (κ2) is 11.5. The summed E-state index contributed by atoms with van der Waals surface area (Å²) >= 11 is 0. The molecule has 0 saturated carbocycles. The number of hydrogen-bond acceptors (Lipinski definition) is 5. The predicted octanol–water partition coefficient (Wildman–Crippen LogP) is 8.27. The molecule has 3 aromatic rings. The van der Waals surface area contributed by atoms with Gasteiger partial charge in [-0.2, -0.15) is 0 Å². The average Bonchev–Trinajstić information content (AvgIpc) is 2.84. The summed E-state index contributed by atoms with van der Waals surface area (Å²) in [6.45, 7) is 15.9. The van der Waals surface area contributed by atoms with E-state index in [2.05, 4.69) is 0 Å². The Bertz CT molecular complexity index is 1230. The van der Waals surface area contributed by atoms with Crippen molar-refractivity contribution in [3.63, 3.8) is 0 Å². The lowest BCUT2D eigenvalue weighted by Crippen LogP contribution is -2.24. The molecule has 1 atom stereocenters. The second-order valence-corrected chi connectivity index (χ2v) is 16.9. The molecule has 0 fully saturated rings. The molecule has 0 radical (unpaired) electrons. The molecule has 0 heterocycles. The van der Waals surface area contributed by atoms with Gasteiger partial charge in [0.05, 0.1) is 13.2 Å². The van der Waals surface area contributed by atoms with Gasteiger partial charge in [0.2, 0.25) is 0 Å². The van der Waals surface area contributed by atoms with Crippen molar-refractivity contribution in [2.24, 2.45) is 0 Å². The minimum absolute atomic E-state index is 0.133. The van der Waals surface area contributed by atoms with E-state index in [0.29, 0.717) is 27.3 Å². The largest absolute Gasteiger partial charge is 0.507 e. The zero-order valence-electron chi connectivity index (χ0n) is 23.9. The molecule has 0 aromatic heterocycles. The molecule has 1 unspecified atom stereocenters. The zero-order valence-corrected chi connectivity index (χ0v) is 25.7. The van der Waals surface area contributed by atoms with Gasteiger partial charge >= 0.3 is 7.60 Å². The molecule has 0 aliphatic rings. The van der Waals surface area contributed by atoms with Crippen molar-refractivity contribution in [3.8, 4) is 5.75 Å². The Balaban J connectivity index is 2.56. The number of phenols is 1. The summed E-state index contributed by atoms with van der Waals surface area (Å²) in [6, 6.07) is 22.1. The van der Waals surface area contributed by atoms with Crippen LogP contribution in [0.25, 0.3) is 0 Å². The highest BCUT2D eigenvalue weighted by Gasteiger charge is 2.51. The molecule has 3 aromatic carbocycles. The third-order valence-electron chi connectivity index (χ3n) is 6.59. The summed E-state index contributed by atoms with van der Waals surface area (Å²) in [5.74, 6) is 0.199. The van der Waals surface area contributed by atoms with Crippen molar-refractivity contribution in [1.29, 1.82) is 0 Å². The summed E-state index contributed by atoms with van der Waals surface area (Å²) in [5.41, 5.74) is 1.08. The molecule has 1 N–H and O–H groups in total. The van der Waals surface area contributed by atoms with Crippen LogP contribution in [0.15, 0.2) is 72.8 Å². The first-order valence-electron chi connectivity index (χ1n) is 13.2. The molecule has 0 saturated heterocycles. The minimum atomic E-state index is -4.01. The molecule has 3 rings (SSSR count). The van der Waals surface area contributed by atoms with Crippen LogP contribution >= 0.6 is 14.7 Å². The molecule has 0 bridgehead atoms. The number of benzene rings is 3.